The van der Waals surface area contributed by atoms with Gasteiger partial charge in [0.25, 0.3) is 0 Å². The molecule has 1 aliphatic rings. The van der Waals surface area contributed by atoms with Crippen molar-refractivity contribution in [2.45, 2.75) is 46.5 Å². The van der Waals surface area contributed by atoms with Gasteiger partial charge < -0.3 is 15.1 Å². The van der Waals surface area contributed by atoms with E-state index in [1.165, 1.54) is 24.9 Å². The number of rotatable bonds is 6. The van der Waals surface area contributed by atoms with Gasteiger partial charge in [0.1, 0.15) is 0 Å². The number of nitrogens with one attached hydrogen (secondary N) is 1. The second kappa shape index (κ2) is 9.59. The standard InChI is InChI=1S/C24H31N3O2/c1-18-7-12-23(19(2)17-18)25-24(29)13-16-27(20(3)28)22-10-8-21(9-11-22)26-14-5-4-6-15-26/h7-12,17H,4-6,13-16H2,1-3H3,(H,25,29). The first-order valence-corrected chi connectivity index (χ1v) is 10.4. The number of aryl methyl sites for hydroxylation is 2. The number of anilines is 3. The highest BCUT2D eigenvalue weighted by Crippen LogP contribution is 2.24. The van der Waals surface area contributed by atoms with Crippen LogP contribution in [0, 0.1) is 13.8 Å². The van der Waals surface area contributed by atoms with Crippen molar-refractivity contribution in [1.82, 2.24) is 0 Å². The zero-order valence-corrected chi connectivity index (χ0v) is 17.7. The summed E-state index contributed by atoms with van der Waals surface area (Å²) >= 11 is 0. The largest absolute Gasteiger partial charge is 0.372 e. The Morgan fingerprint density at radius 1 is 1.00 bits per heavy atom. The summed E-state index contributed by atoms with van der Waals surface area (Å²) in [6.07, 6.45) is 4.02. The highest BCUT2D eigenvalue weighted by Gasteiger charge is 2.16. The van der Waals surface area contributed by atoms with Crippen molar-refractivity contribution in [3.63, 3.8) is 0 Å². The molecule has 1 fully saturated rings. The van der Waals surface area contributed by atoms with Gasteiger partial charge in [-0.05, 0) is 69.0 Å². The zero-order valence-electron chi connectivity index (χ0n) is 17.7. The summed E-state index contributed by atoms with van der Waals surface area (Å²) in [5.41, 5.74) is 5.05. The smallest absolute Gasteiger partial charge is 0.226 e. The van der Waals surface area contributed by atoms with Crippen LogP contribution in [0.1, 0.15) is 43.7 Å². The van der Waals surface area contributed by atoms with Crippen molar-refractivity contribution in [3.8, 4) is 0 Å². The molecule has 29 heavy (non-hydrogen) atoms. The minimum Gasteiger partial charge on any atom is -0.372 e. The molecule has 1 saturated heterocycles. The third-order valence-electron chi connectivity index (χ3n) is 5.48. The van der Waals surface area contributed by atoms with Gasteiger partial charge >= 0.3 is 0 Å². The molecule has 154 valence electrons. The Bertz CT molecular complexity index is 855. The molecular weight excluding hydrogens is 362 g/mol. The van der Waals surface area contributed by atoms with Gasteiger partial charge in [0.05, 0.1) is 0 Å². The first-order chi connectivity index (χ1) is 13.9. The molecule has 2 aromatic rings. The quantitative estimate of drug-likeness (QED) is 0.776. The van der Waals surface area contributed by atoms with E-state index in [1.807, 2.05) is 44.2 Å². The van der Waals surface area contributed by atoms with E-state index < -0.39 is 0 Å². The normalized spacial score (nSPS) is 13.8. The van der Waals surface area contributed by atoms with Crippen LogP contribution in [0.25, 0.3) is 0 Å². The summed E-state index contributed by atoms with van der Waals surface area (Å²) in [4.78, 5) is 28.6. The molecule has 0 saturated carbocycles. The highest BCUT2D eigenvalue weighted by atomic mass is 16.2. The Labute approximate surface area is 173 Å². The minimum absolute atomic E-state index is 0.0601. The number of benzene rings is 2. The third kappa shape index (κ3) is 5.59. The van der Waals surface area contributed by atoms with Crippen LogP contribution in [0.3, 0.4) is 0 Å². The van der Waals surface area contributed by atoms with Crippen LogP contribution in [0.15, 0.2) is 42.5 Å². The summed E-state index contributed by atoms with van der Waals surface area (Å²) < 4.78 is 0. The topological polar surface area (TPSA) is 52.7 Å². The van der Waals surface area contributed by atoms with Crippen molar-refractivity contribution < 1.29 is 9.59 Å². The number of carbonyl (C=O) groups excluding carboxylic acids is 2. The summed E-state index contributed by atoms with van der Waals surface area (Å²) in [6.45, 7) is 8.09. The number of piperidine rings is 1. The number of nitrogens with zero attached hydrogens (tertiary/aromatic N) is 2. The Kier molecular flexibility index (Phi) is 6.91. The van der Waals surface area contributed by atoms with Crippen LogP contribution in [-0.2, 0) is 9.59 Å². The predicted molar refractivity (Wildman–Crippen MR) is 120 cm³/mol. The maximum absolute atomic E-state index is 12.4. The van der Waals surface area contributed by atoms with E-state index in [1.54, 1.807) is 11.8 Å². The lowest BCUT2D eigenvalue weighted by Gasteiger charge is -2.29. The molecule has 1 heterocycles. The van der Waals surface area contributed by atoms with E-state index >= 15 is 0 Å². The van der Waals surface area contributed by atoms with Gasteiger partial charge in [-0.1, -0.05) is 17.7 Å². The van der Waals surface area contributed by atoms with Crippen LogP contribution in [-0.4, -0.2) is 31.4 Å². The van der Waals surface area contributed by atoms with Crippen molar-refractivity contribution in [3.05, 3.63) is 53.6 Å². The Morgan fingerprint density at radius 2 is 1.69 bits per heavy atom. The summed E-state index contributed by atoms with van der Waals surface area (Å²) in [5, 5.41) is 2.95. The molecule has 0 aromatic heterocycles. The molecule has 0 bridgehead atoms. The molecule has 0 atom stereocenters. The Morgan fingerprint density at radius 3 is 2.31 bits per heavy atom. The van der Waals surface area contributed by atoms with Crippen LogP contribution in [0.4, 0.5) is 17.1 Å². The van der Waals surface area contributed by atoms with Gasteiger partial charge in [-0.2, -0.15) is 0 Å². The second-order valence-corrected chi connectivity index (χ2v) is 7.85. The summed E-state index contributed by atoms with van der Waals surface area (Å²) in [5.74, 6) is -0.150. The molecule has 1 aliphatic heterocycles. The van der Waals surface area contributed by atoms with Gasteiger partial charge in [-0.15, -0.1) is 0 Å². The SMILES string of the molecule is CC(=O)N(CCC(=O)Nc1ccc(C)cc1C)c1ccc(N2CCCCC2)cc1. The molecule has 2 amide bonds. The molecule has 0 unspecified atom stereocenters. The highest BCUT2D eigenvalue weighted by molar-refractivity contribution is 5.95. The van der Waals surface area contributed by atoms with Crippen LogP contribution in [0.2, 0.25) is 0 Å². The fourth-order valence-electron chi connectivity index (χ4n) is 3.84. The van der Waals surface area contributed by atoms with E-state index in [2.05, 4.69) is 22.3 Å². The first-order valence-electron chi connectivity index (χ1n) is 10.4. The lowest BCUT2D eigenvalue weighted by molar-refractivity contribution is -0.117. The van der Waals surface area contributed by atoms with E-state index in [4.69, 9.17) is 0 Å². The van der Waals surface area contributed by atoms with Gasteiger partial charge in [0.15, 0.2) is 0 Å². The number of amides is 2. The van der Waals surface area contributed by atoms with Crippen LogP contribution in [0.5, 0.6) is 0 Å². The number of carbonyl (C=O) groups is 2. The molecule has 0 spiro atoms. The van der Waals surface area contributed by atoms with Gasteiger partial charge in [-0.3, -0.25) is 9.59 Å². The summed E-state index contributed by atoms with van der Waals surface area (Å²) in [7, 11) is 0. The average molecular weight is 394 g/mol. The average Bonchev–Trinajstić information content (AvgIpc) is 2.71. The zero-order chi connectivity index (χ0) is 20.8. The monoisotopic (exact) mass is 393 g/mol. The van der Waals surface area contributed by atoms with Crippen molar-refractivity contribution in [2.75, 3.05) is 34.8 Å². The lowest BCUT2D eigenvalue weighted by Crippen LogP contribution is -2.32. The van der Waals surface area contributed by atoms with Gasteiger partial charge in [0.2, 0.25) is 11.8 Å². The molecule has 0 aliphatic carbocycles. The maximum Gasteiger partial charge on any atom is 0.226 e. The predicted octanol–water partition coefficient (Wildman–Crippen LogP) is 4.68. The molecule has 3 rings (SSSR count). The van der Waals surface area contributed by atoms with Gasteiger partial charge in [0, 0.05) is 50.0 Å². The molecule has 0 radical (unpaired) electrons. The fraction of sp³-hybridized carbons (Fsp3) is 0.417. The Hall–Kier alpha value is -2.82. The number of hydrogen-bond acceptors (Lipinski definition) is 3. The van der Waals surface area contributed by atoms with Crippen LogP contribution >= 0.6 is 0 Å². The van der Waals surface area contributed by atoms with Crippen molar-refractivity contribution in [2.24, 2.45) is 0 Å². The molecule has 5 nitrogen and oxygen atoms in total. The number of hydrogen-bond donors (Lipinski definition) is 1. The van der Waals surface area contributed by atoms with E-state index in [9.17, 15) is 9.59 Å². The maximum atomic E-state index is 12.4. The second-order valence-electron chi connectivity index (χ2n) is 7.85. The third-order valence-corrected chi connectivity index (χ3v) is 5.48. The minimum atomic E-state index is -0.0897. The van der Waals surface area contributed by atoms with Crippen LogP contribution < -0.4 is 15.1 Å². The molecular formula is C24H31N3O2. The fourth-order valence-corrected chi connectivity index (χ4v) is 3.84. The molecule has 2 aromatic carbocycles. The van der Waals surface area contributed by atoms with Crippen molar-refractivity contribution in [1.29, 1.82) is 0 Å². The molecule has 5 heteroatoms. The Balaban J connectivity index is 1.60. The molecule has 1 N–H and O–H groups in total. The van der Waals surface area contributed by atoms with E-state index in [0.717, 1.165) is 35.6 Å². The van der Waals surface area contributed by atoms with E-state index in [0.29, 0.717) is 6.54 Å². The lowest BCUT2D eigenvalue weighted by atomic mass is 10.1. The van der Waals surface area contributed by atoms with E-state index in [-0.39, 0.29) is 18.2 Å². The van der Waals surface area contributed by atoms with Crippen molar-refractivity contribution >= 4 is 28.9 Å². The summed E-state index contributed by atoms with van der Waals surface area (Å²) in [6, 6.07) is 14.1. The van der Waals surface area contributed by atoms with Gasteiger partial charge in [-0.25, -0.2) is 0 Å². The first kappa shape index (κ1) is 20.9.